The normalized spacial score (nSPS) is 11.7. The largest absolute Gasteiger partial charge is 0.475 e. The Hall–Kier alpha value is -3.19. The fraction of sp³-hybridized carbons (Fsp3) is 0.211. The zero-order chi connectivity index (χ0) is 18.7. The summed E-state index contributed by atoms with van der Waals surface area (Å²) in [6.07, 6.45) is 0. The van der Waals surface area contributed by atoms with E-state index >= 15 is 0 Å². The first-order valence-electron chi connectivity index (χ1n) is 8.13. The van der Waals surface area contributed by atoms with Crippen LogP contribution >= 0.6 is 0 Å². The van der Waals surface area contributed by atoms with Gasteiger partial charge in [-0.25, -0.2) is 9.78 Å². The minimum atomic E-state index is -1.19. The molecule has 2 aromatic heterocycles. The van der Waals surface area contributed by atoms with Crippen molar-refractivity contribution >= 4 is 28.6 Å². The number of anilines is 1. The van der Waals surface area contributed by atoms with Gasteiger partial charge in [0.25, 0.3) is 0 Å². The van der Waals surface area contributed by atoms with Crippen LogP contribution in [0.1, 0.15) is 23.0 Å². The molecule has 0 saturated heterocycles. The standard InChI is InChI=1S/C19H19N3O4/c1-11-10-14(13-6-4-3-5-7-13)22-18-15(11)16(17(26-18)19(24)25)21-12(2)20-8-9-23/h3-7,10,23H,8-9H2,1-2H3,(H,20,21)(H,24,25). The molecule has 0 fully saturated rings. The molecular weight excluding hydrogens is 334 g/mol. The molecule has 26 heavy (non-hydrogen) atoms. The van der Waals surface area contributed by atoms with Crippen LogP contribution < -0.4 is 5.32 Å². The molecule has 0 atom stereocenters. The summed E-state index contributed by atoms with van der Waals surface area (Å²) in [7, 11) is 0. The van der Waals surface area contributed by atoms with Gasteiger partial charge in [-0.05, 0) is 25.5 Å². The number of nitrogens with zero attached hydrogens (tertiary/aromatic N) is 2. The molecular formula is C19H19N3O4. The summed E-state index contributed by atoms with van der Waals surface area (Å²) in [6.45, 7) is 3.72. The molecule has 7 heteroatoms. The highest BCUT2D eigenvalue weighted by atomic mass is 16.4. The second-order valence-corrected chi connectivity index (χ2v) is 5.80. The third-order valence-corrected chi connectivity index (χ3v) is 3.88. The fourth-order valence-corrected chi connectivity index (χ4v) is 2.75. The Morgan fingerprint density at radius 2 is 2.04 bits per heavy atom. The Balaban J connectivity index is 2.15. The van der Waals surface area contributed by atoms with Crippen LogP contribution in [-0.2, 0) is 0 Å². The number of hydrogen-bond acceptors (Lipinski definition) is 5. The van der Waals surface area contributed by atoms with Crippen molar-refractivity contribution in [3.8, 4) is 11.3 Å². The van der Waals surface area contributed by atoms with Crippen molar-refractivity contribution in [3.05, 3.63) is 47.7 Å². The van der Waals surface area contributed by atoms with Crippen molar-refractivity contribution in [1.29, 1.82) is 0 Å². The molecule has 0 amide bonds. The second kappa shape index (κ2) is 7.37. The summed E-state index contributed by atoms with van der Waals surface area (Å²) in [5.74, 6) is -0.934. The van der Waals surface area contributed by atoms with Crippen molar-refractivity contribution in [2.45, 2.75) is 13.8 Å². The summed E-state index contributed by atoms with van der Waals surface area (Å²) in [4.78, 5) is 20.2. The van der Waals surface area contributed by atoms with E-state index in [1.165, 1.54) is 0 Å². The van der Waals surface area contributed by atoms with Crippen LogP contribution in [0.2, 0.25) is 0 Å². The quantitative estimate of drug-likeness (QED) is 0.480. The van der Waals surface area contributed by atoms with Gasteiger partial charge in [0.1, 0.15) is 5.69 Å². The average molecular weight is 353 g/mol. The van der Waals surface area contributed by atoms with Crippen molar-refractivity contribution in [1.82, 2.24) is 4.98 Å². The Bertz CT molecular complexity index is 977. The molecule has 3 N–H and O–H groups in total. The van der Waals surface area contributed by atoms with Crippen molar-refractivity contribution in [2.24, 2.45) is 4.99 Å². The summed E-state index contributed by atoms with van der Waals surface area (Å²) in [6, 6.07) is 11.5. The number of amidine groups is 1. The number of carbonyl (C=O) groups is 1. The number of aliphatic hydroxyl groups excluding tert-OH is 1. The average Bonchev–Trinajstić information content (AvgIpc) is 3.00. The van der Waals surface area contributed by atoms with E-state index in [-0.39, 0.29) is 24.6 Å². The number of aromatic carboxylic acids is 1. The Morgan fingerprint density at radius 1 is 1.31 bits per heavy atom. The molecule has 0 saturated carbocycles. The number of fused-ring (bicyclic) bond motifs is 1. The molecule has 2 heterocycles. The van der Waals surface area contributed by atoms with E-state index < -0.39 is 5.97 Å². The van der Waals surface area contributed by atoms with Gasteiger partial charge in [0.05, 0.1) is 30.1 Å². The van der Waals surface area contributed by atoms with Gasteiger partial charge in [0, 0.05) is 5.56 Å². The van der Waals surface area contributed by atoms with Crippen LogP contribution in [0.4, 0.5) is 5.69 Å². The number of aliphatic imine (C=N–C) groups is 1. The Morgan fingerprint density at radius 3 is 2.69 bits per heavy atom. The predicted molar refractivity (Wildman–Crippen MR) is 99.8 cm³/mol. The first-order chi connectivity index (χ1) is 12.5. The van der Waals surface area contributed by atoms with Gasteiger partial charge < -0.3 is 19.9 Å². The number of benzene rings is 1. The lowest BCUT2D eigenvalue weighted by Gasteiger charge is -2.07. The maximum atomic E-state index is 11.6. The van der Waals surface area contributed by atoms with Crippen LogP contribution in [0.5, 0.6) is 0 Å². The first-order valence-corrected chi connectivity index (χ1v) is 8.13. The lowest BCUT2D eigenvalue weighted by atomic mass is 10.1. The first kappa shape index (κ1) is 17.6. The van der Waals surface area contributed by atoms with E-state index in [0.29, 0.717) is 22.6 Å². The summed E-state index contributed by atoms with van der Waals surface area (Å²) in [5.41, 5.74) is 3.03. The molecule has 0 radical (unpaired) electrons. The summed E-state index contributed by atoms with van der Waals surface area (Å²) >= 11 is 0. The molecule has 3 aromatic rings. The maximum absolute atomic E-state index is 11.6. The predicted octanol–water partition coefficient (Wildman–Crippen LogP) is 3.32. The number of furan rings is 1. The number of carboxylic acid groups (broad SMARTS) is 1. The van der Waals surface area contributed by atoms with Gasteiger partial charge in [-0.2, -0.15) is 0 Å². The highest BCUT2D eigenvalue weighted by Crippen LogP contribution is 2.34. The SMILES string of the molecule is CC(=NCCO)Nc1c(C(=O)O)oc2nc(-c3ccccc3)cc(C)c12. The number of pyridine rings is 1. The molecule has 0 bridgehead atoms. The third-order valence-electron chi connectivity index (χ3n) is 3.88. The topological polar surface area (TPSA) is 108 Å². The van der Waals surface area contributed by atoms with Crippen molar-refractivity contribution in [2.75, 3.05) is 18.5 Å². The summed E-state index contributed by atoms with van der Waals surface area (Å²) in [5, 5.41) is 21.9. The number of aryl methyl sites for hydroxylation is 1. The van der Waals surface area contributed by atoms with Crippen LogP contribution in [-0.4, -0.2) is 40.2 Å². The van der Waals surface area contributed by atoms with Crippen molar-refractivity contribution in [3.63, 3.8) is 0 Å². The van der Waals surface area contributed by atoms with Gasteiger partial charge >= 0.3 is 5.97 Å². The molecule has 0 spiro atoms. The van der Waals surface area contributed by atoms with E-state index in [0.717, 1.165) is 11.1 Å². The van der Waals surface area contributed by atoms with Gasteiger partial charge in [-0.1, -0.05) is 30.3 Å². The molecule has 0 aliphatic heterocycles. The third kappa shape index (κ3) is 3.43. The van der Waals surface area contributed by atoms with Gasteiger partial charge in [-0.3, -0.25) is 4.99 Å². The van der Waals surface area contributed by atoms with E-state index in [1.54, 1.807) is 6.92 Å². The lowest BCUT2D eigenvalue weighted by molar-refractivity contribution is 0.0666. The number of aromatic nitrogens is 1. The van der Waals surface area contributed by atoms with Gasteiger partial charge in [-0.15, -0.1) is 0 Å². The Kier molecular flexibility index (Phi) is 4.99. The molecule has 134 valence electrons. The number of hydrogen-bond donors (Lipinski definition) is 3. The zero-order valence-corrected chi connectivity index (χ0v) is 14.5. The Labute approximate surface area is 150 Å². The monoisotopic (exact) mass is 353 g/mol. The van der Waals surface area contributed by atoms with Crippen LogP contribution in [0.3, 0.4) is 0 Å². The van der Waals surface area contributed by atoms with Gasteiger partial charge in [0.15, 0.2) is 0 Å². The van der Waals surface area contributed by atoms with Crippen molar-refractivity contribution < 1.29 is 19.4 Å². The molecule has 7 nitrogen and oxygen atoms in total. The molecule has 0 aliphatic rings. The molecule has 0 unspecified atom stereocenters. The summed E-state index contributed by atoms with van der Waals surface area (Å²) < 4.78 is 5.53. The molecule has 3 rings (SSSR count). The number of nitrogens with one attached hydrogen (secondary N) is 1. The number of rotatable bonds is 5. The minimum absolute atomic E-state index is 0.0854. The maximum Gasteiger partial charge on any atom is 0.374 e. The van der Waals surface area contributed by atoms with Crippen LogP contribution in [0, 0.1) is 6.92 Å². The minimum Gasteiger partial charge on any atom is -0.475 e. The second-order valence-electron chi connectivity index (χ2n) is 5.80. The fourth-order valence-electron chi connectivity index (χ4n) is 2.75. The number of aliphatic hydroxyl groups is 1. The van der Waals surface area contributed by atoms with E-state index in [1.807, 2.05) is 43.3 Å². The highest BCUT2D eigenvalue weighted by Gasteiger charge is 2.23. The molecule has 1 aromatic carbocycles. The number of carboxylic acids is 1. The van der Waals surface area contributed by atoms with E-state index in [9.17, 15) is 9.90 Å². The molecule has 0 aliphatic carbocycles. The highest BCUT2D eigenvalue weighted by molar-refractivity contribution is 6.10. The van der Waals surface area contributed by atoms with Crippen LogP contribution in [0.15, 0.2) is 45.8 Å². The van der Waals surface area contributed by atoms with Gasteiger partial charge in [0.2, 0.25) is 11.5 Å². The smallest absolute Gasteiger partial charge is 0.374 e. The lowest BCUT2D eigenvalue weighted by Crippen LogP contribution is -2.11. The van der Waals surface area contributed by atoms with E-state index in [2.05, 4.69) is 15.3 Å². The van der Waals surface area contributed by atoms with Crippen LogP contribution in [0.25, 0.3) is 22.4 Å². The zero-order valence-electron chi connectivity index (χ0n) is 14.5. The van der Waals surface area contributed by atoms with E-state index in [4.69, 9.17) is 9.52 Å².